The Morgan fingerprint density at radius 3 is 3.08 bits per heavy atom. The molecule has 5 nitrogen and oxygen atoms in total. The Bertz CT molecular complexity index is 311. The topological polar surface area (TPSA) is 65.3 Å². The molecule has 1 aromatic rings. The fourth-order valence-electron chi connectivity index (χ4n) is 0.701. The van der Waals surface area contributed by atoms with Crippen molar-refractivity contribution in [2.75, 3.05) is 0 Å². The van der Waals surface area contributed by atoms with Crippen molar-refractivity contribution < 1.29 is 9.66 Å². The van der Waals surface area contributed by atoms with E-state index in [2.05, 4.69) is 11.6 Å². The first-order valence-electron chi connectivity index (χ1n) is 3.12. The Hall–Kier alpha value is -1.91. The molecule has 1 rings (SSSR count). The van der Waals surface area contributed by atoms with E-state index in [1.807, 2.05) is 0 Å². The van der Waals surface area contributed by atoms with Crippen LogP contribution in [-0.4, -0.2) is 9.91 Å². The highest BCUT2D eigenvalue weighted by Gasteiger charge is 2.13. The fraction of sp³-hybridized carbons (Fsp3) is 0. The molecule has 0 saturated carbocycles. The Morgan fingerprint density at radius 1 is 1.75 bits per heavy atom. The van der Waals surface area contributed by atoms with Crippen molar-refractivity contribution in [1.82, 2.24) is 4.98 Å². The van der Waals surface area contributed by atoms with Crippen molar-refractivity contribution in [2.45, 2.75) is 0 Å². The molecule has 0 unspecified atom stereocenters. The Labute approximate surface area is 68.5 Å². The van der Waals surface area contributed by atoms with Crippen LogP contribution in [0.3, 0.4) is 0 Å². The van der Waals surface area contributed by atoms with Gasteiger partial charge in [-0.2, -0.15) is 0 Å². The molecule has 0 atom stereocenters. The highest BCUT2D eigenvalue weighted by atomic mass is 16.6. The van der Waals surface area contributed by atoms with Crippen molar-refractivity contribution in [2.24, 2.45) is 0 Å². The number of hydrogen-bond donors (Lipinski definition) is 0. The van der Waals surface area contributed by atoms with Crippen LogP contribution in [0.2, 0.25) is 0 Å². The van der Waals surface area contributed by atoms with Gasteiger partial charge in [-0.15, -0.1) is 0 Å². The van der Waals surface area contributed by atoms with E-state index in [1.54, 1.807) is 6.07 Å². The van der Waals surface area contributed by atoms with Crippen LogP contribution in [0.15, 0.2) is 31.2 Å². The second kappa shape index (κ2) is 3.47. The zero-order valence-electron chi connectivity index (χ0n) is 6.14. The van der Waals surface area contributed by atoms with Crippen LogP contribution in [0.25, 0.3) is 0 Å². The second-order valence-corrected chi connectivity index (χ2v) is 1.87. The van der Waals surface area contributed by atoms with Gasteiger partial charge in [0.15, 0.2) is 0 Å². The molecule has 0 spiro atoms. The maximum atomic E-state index is 10.3. The van der Waals surface area contributed by atoms with E-state index in [0.717, 1.165) is 6.26 Å². The standard InChI is InChI=1S/C7H6N2O3/c1-2-12-6-4-3-5-8-7(6)9(10)11/h2-5H,1H2. The largest absolute Gasteiger partial charge is 0.457 e. The average Bonchev–Trinajstić information content (AvgIpc) is 2.05. The number of nitro groups is 1. The van der Waals surface area contributed by atoms with Crippen molar-refractivity contribution in [3.05, 3.63) is 41.3 Å². The zero-order valence-corrected chi connectivity index (χ0v) is 6.14. The number of nitrogens with zero attached hydrogens (tertiary/aromatic N) is 2. The van der Waals surface area contributed by atoms with E-state index in [-0.39, 0.29) is 11.6 Å². The summed E-state index contributed by atoms with van der Waals surface area (Å²) in [4.78, 5) is 13.2. The summed E-state index contributed by atoms with van der Waals surface area (Å²) >= 11 is 0. The van der Waals surface area contributed by atoms with Crippen LogP contribution in [0.5, 0.6) is 5.75 Å². The molecular weight excluding hydrogens is 160 g/mol. The summed E-state index contributed by atoms with van der Waals surface area (Å²) in [5, 5.41) is 10.3. The number of hydrogen-bond acceptors (Lipinski definition) is 4. The van der Waals surface area contributed by atoms with Gasteiger partial charge >= 0.3 is 5.82 Å². The predicted octanol–water partition coefficient (Wildman–Crippen LogP) is 1.51. The lowest BCUT2D eigenvalue weighted by atomic mass is 10.4. The Kier molecular flexibility index (Phi) is 2.37. The summed E-state index contributed by atoms with van der Waals surface area (Å²) in [7, 11) is 0. The molecule has 0 aliphatic carbocycles. The van der Waals surface area contributed by atoms with Gasteiger partial charge in [-0.3, -0.25) is 0 Å². The maximum absolute atomic E-state index is 10.3. The van der Waals surface area contributed by atoms with Crippen LogP contribution in [0, 0.1) is 10.1 Å². The van der Waals surface area contributed by atoms with Crippen LogP contribution in [0.4, 0.5) is 5.82 Å². The van der Waals surface area contributed by atoms with Crippen LogP contribution >= 0.6 is 0 Å². The molecule has 0 bridgehead atoms. The van der Waals surface area contributed by atoms with Gasteiger partial charge in [0, 0.05) is 0 Å². The van der Waals surface area contributed by atoms with Gasteiger partial charge in [0.1, 0.15) is 6.20 Å². The molecule has 0 aliphatic rings. The van der Waals surface area contributed by atoms with E-state index < -0.39 is 4.92 Å². The van der Waals surface area contributed by atoms with Crippen LogP contribution < -0.4 is 4.74 Å². The third kappa shape index (κ3) is 1.57. The first kappa shape index (κ1) is 8.19. The number of pyridine rings is 1. The smallest absolute Gasteiger partial charge is 0.406 e. The molecule has 0 fully saturated rings. The predicted molar refractivity (Wildman–Crippen MR) is 41.7 cm³/mol. The molecule has 0 radical (unpaired) electrons. The fourth-order valence-corrected chi connectivity index (χ4v) is 0.701. The lowest BCUT2D eigenvalue weighted by Gasteiger charge is -1.98. The molecule has 0 saturated heterocycles. The number of ether oxygens (including phenoxy) is 1. The minimum Gasteiger partial charge on any atom is -0.457 e. The molecule has 1 aromatic heterocycles. The van der Waals surface area contributed by atoms with Gasteiger partial charge in [-0.05, 0) is 22.0 Å². The van der Waals surface area contributed by atoms with E-state index in [4.69, 9.17) is 4.74 Å². The third-order valence-electron chi connectivity index (χ3n) is 1.13. The van der Waals surface area contributed by atoms with E-state index >= 15 is 0 Å². The summed E-state index contributed by atoms with van der Waals surface area (Å²) in [5.41, 5.74) is 0. The van der Waals surface area contributed by atoms with Gasteiger partial charge in [0.05, 0.1) is 6.26 Å². The van der Waals surface area contributed by atoms with Crippen LogP contribution in [0.1, 0.15) is 0 Å². The van der Waals surface area contributed by atoms with Crippen molar-refractivity contribution in [3.63, 3.8) is 0 Å². The van der Waals surface area contributed by atoms with E-state index in [0.29, 0.717) is 0 Å². The first-order valence-corrected chi connectivity index (χ1v) is 3.12. The molecule has 62 valence electrons. The lowest BCUT2D eigenvalue weighted by Crippen LogP contribution is -1.94. The molecule has 0 aliphatic heterocycles. The molecule has 12 heavy (non-hydrogen) atoms. The molecule has 0 N–H and O–H groups in total. The normalized spacial score (nSPS) is 9.00. The lowest BCUT2D eigenvalue weighted by molar-refractivity contribution is -0.390. The third-order valence-corrected chi connectivity index (χ3v) is 1.13. The highest BCUT2D eigenvalue weighted by molar-refractivity contribution is 5.38. The zero-order chi connectivity index (χ0) is 8.97. The average molecular weight is 166 g/mol. The Morgan fingerprint density at radius 2 is 2.50 bits per heavy atom. The van der Waals surface area contributed by atoms with Gasteiger partial charge in [-0.25, -0.2) is 0 Å². The first-order chi connectivity index (χ1) is 5.75. The summed E-state index contributed by atoms with van der Waals surface area (Å²) < 4.78 is 4.76. The molecule has 1 heterocycles. The maximum Gasteiger partial charge on any atom is 0.406 e. The highest BCUT2D eigenvalue weighted by Crippen LogP contribution is 2.22. The summed E-state index contributed by atoms with van der Waals surface area (Å²) in [6, 6.07) is 3.00. The van der Waals surface area contributed by atoms with Gasteiger partial charge in [-0.1, -0.05) is 6.58 Å². The number of rotatable bonds is 3. The second-order valence-electron chi connectivity index (χ2n) is 1.87. The number of aromatic nitrogens is 1. The molecule has 5 heteroatoms. The van der Waals surface area contributed by atoms with Crippen molar-refractivity contribution in [1.29, 1.82) is 0 Å². The monoisotopic (exact) mass is 166 g/mol. The molecular formula is C7H6N2O3. The van der Waals surface area contributed by atoms with Gasteiger partial charge < -0.3 is 14.9 Å². The van der Waals surface area contributed by atoms with E-state index in [9.17, 15) is 10.1 Å². The van der Waals surface area contributed by atoms with E-state index in [1.165, 1.54) is 12.3 Å². The van der Waals surface area contributed by atoms with Crippen LogP contribution in [-0.2, 0) is 0 Å². The summed E-state index contributed by atoms with van der Waals surface area (Å²) in [5.74, 6) is -0.213. The summed E-state index contributed by atoms with van der Waals surface area (Å²) in [6.45, 7) is 3.28. The molecule has 0 aromatic carbocycles. The van der Waals surface area contributed by atoms with Crippen molar-refractivity contribution in [3.8, 4) is 5.75 Å². The van der Waals surface area contributed by atoms with Gasteiger partial charge in [0.2, 0.25) is 5.75 Å². The van der Waals surface area contributed by atoms with Gasteiger partial charge in [0.25, 0.3) is 0 Å². The quantitative estimate of drug-likeness (QED) is 0.388. The Balaban J connectivity index is 3.07. The SMILES string of the molecule is C=COc1cccnc1[N+](=O)[O-]. The minimum absolute atomic E-state index is 0.0949. The molecule has 0 amide bonds. The summed E-state index contributed by atoms with van der Waals surface area (Å²) in [6.07, 6.45) is 2.44. The minimum atomic E-state index is -0.612. The van der Waals surface area contributed by atoms with Crippen molar-refractivity contribution >= 4 is 5.82 Å².